The Hall–Kier alpha value is -6.18. The summed E-state index contributed by atoms with van der Waals surface area (Å²) >= 11 is 0. The van der Waals surface area contributed by atoms with Gasteiger partial charge in [-0.1, -0.05) is 12.1 Å². The quantitative estimate of drug-likeness (QED) is 0.0976. The molecule has 0 amide bonds. The van der Waals surface area contributed by atoms with Gasteiger partial charge in [-0.05, 0) is 24.3 Å². The molecule has 0 saturated heterocycles. The SMILES string of the molecule is O=C(c1cc(O)c(O)c(O)c1)c1c(O)cc(O)cc1O.O=C(c1ccccc1O)c1c(O)c(O)c(O)c(O)c1O. The lowest BCUT2D eigenvalue weighted by Gasteiger charge is -2.12. The summed E-state index contributed by atoms with van der Waals surface area (Å²) in [5, 5.41) is 113. The molecule has 40 heavy (non-hydrogen) atoms. The Morgan fingerprint density at radius 2 is 0.875 bits per heavy atom. The predicted molar refractivity (Wildman–Crippen MR) is 133 cm³/mol. The normalized spacial score (nSPS) is 10.4. The van der Waals surface area contributed by atoms with Gasteiger partial charge in [0.1, 0.15) is 34.1 Å². The highest BCUT2D eigenvalue weighted by Gasteiger charge is 2.29. The first-order chi connectivity index (χ1) is 18.7. The average molecular weight is 556 g/mol. The van der Waals surface area contributed by atoms with Crippen molar-refractivity contribution in [2.75, 3.05) is 0 Å². The summed E-state index contributed by atoms with van der Waals surface area (Å²) in [6.07, 6.45) is 0. The van der Waals surface area contributed by atoms with E-state index < -0.39 is 91.7 Å². The Kier molecular flexibility index (Phi) is 7.57. The van der Waals surface area contributed by atoms with E-state index in [2.05, 4.69) is 0 Å². The summed E-state index contributed by atoms with van der Waals surface area (Å²) in [4.78, 5) is 24.3. The smallest absolute Gasteiger partial charge is 0.208 e. The van der Waals surface area contributed by atoms with Crippen LogP contribution >= 0.6 is 0 Å². The molecular weight excluding hydrogens is 536 g/mol. The summed E-state index contributed by atoms with van der Waals surface area (Å²) in [5.74, 6) is -12.1. The molecule has 208 valence electrons. The summed E-state index contributed by atoms with van der Waals surface area (Å²) < 4.78 is 0. The topological polar surface area (TPSA) is 277 Å². The Labute approximate surface area is 222 Å². The van der Waals surface area contributed by atoms with Crippen molar-refractivity contribution < 1.29 is 70.9 Å². The highest BCUT2D eigenvalue weighted by atomic mass is 16.4. The molecule has 14 heteroatoms. The number of phenolic OH excluding ortho intramolecular Hbond substituents is 12. The van der Waals surface area contributed by atoms with Gasteiger partial charge in [-0.3, -0.25) is 9.59 Å². The van der Waals surface area contributed by atoms with Crippen molar-refractivity contribution in [1.82, 2.24) is 0 Å². The fourth-order valence-corrected chi connectivity index (χ4v) is 3.41. The zero-order valence-corrected chi connectivity index (χ0v) is 19.8. The van der Waals surface area contributed by atoms with Crippen LogP contribution in [-0.2, 0) is 0 Å². The second kappa shape index (κ2) is 10.7. The van der Waals surface area contributed by atoms with Gasteiger partial charge < -0.3 is 61.3 Å². The molecule has 0 aliphatic rings. The van der Waals surface area contributed by atoms with E-state index in [9.17, 15) is 65.8 Å². The molecule has 0 saturated carbocycles. The molecule has 0 aliphatic carbocycles. The van der Waals surface area contributed by atoms with Crippen LogP contribution in [0.3, 0.4) is 0 Å². The van der Waals surface area contributed by atoms with E-state index >= 15 is 0 Å². The maximum absolute atomic E-state index is 12.1. The molecule has 0 bridgehead atoms. The molecular formula is C26H20O14. The number of phenols is 12. The van der Waals surface area contributed by atoms with Crippen LogP contribution in [0.15, 0.2) is 48.5 Å². The minimum Gasteiger partial charge on any atom is -0.508 e. The van der Waals surface area contributed by atoms with E-state index in [4.69, 9.17) is 5.11 Å². The van der Waals surface area contributed by atoms with E-state index in [1.165, 1.54) is 24.3 Å². The Morgan fingerprint density at radius 3 is 1.35 bits per heavy atom. The lowest BCUT2D eigenvalue weighted by Crippen LogP contribution is -2.03. The van der Waals surface area contributed by atoms with Gasteiger partial charge in [0.2, 0.25) is 28.8 Å². The van der Waals surface area contributed by atoms with Crippen LogP contribution in [0.4, 0.5) is 0 Å². The number of para-hydroxylation sites is 1. The molecule has 0 fully saturated rings. The molecule has 4 rings (SSSR count). The molecule has 12 N–H and O–H groups in total. The van der Waals surface area contributed by atoms with Gasteiger partial charge in [0.15, 0.2) is 28.7 Å². The number of hydrogen-bond acceptors (Lipinski definition) is 14. The van der Waals surface area contributed by atoms with E-state index in [1.54, 1.807) is 0 Å². The number of rotatable bonds is 4. The number of benzene rings is 4. The van der Waals surface area contributed by atoms with Gasteiger partial charge in [0.25, 0.3) is 0 Å². The van der Waals surface area contributed by atoms with Crippen LogP contribution in [0.2, 0.25) is 0 Å². The van der Waals surface area contributed by atoms with Crippen LogP contribution in [0.5, 0.6) is 69.0 Å². The highest BCUT2D eigenvalue weighted by molar-refractivity contribution is 6.15. The van der Waals surface area contributed by atoms with Gasteiger partial charge in [0, 0.05) is 17.7 Å². The van der Waals surface area contributed by atoms with Crippen molar-refractivity contribution in [3.8, 4) is 69.0 Å². The molecule has 0 unspecified atom stereocenters. The summed E-state index contributed by atoms with van der Waals surface area (Å²) in [7, 11) is 0. The fourth-order valence-electron chi connectivity index (χ4n) is 3.41. The monoisotopic (exact) mass is 556 g/mol. The van der Waals surface area contributed by atoms with Crippen molar-refractivity contribution in [2.45, 2.75) is 0 Å². The Balaban J connectivity index is 0.000000220. The molecule has 0 atom stereocenters. The van der Waals surface area contributed by atoms with Crippen molar-refractivity contribution in [3.63, 3.8) is 0 Å². The summed E-state index contributed by atoms with van der Waals surface area (Å²) in [6.45, 7) is 0. The molecule has 4 aromatic rings. The number of hydrogen-bond donors (Lipinski definition) is 12. The van der Waals surface area contributed by atoms with E-state index in [1.807, 2.05) is 0 Å². The van der Waals surface area contributed by atoms with Gasteiger partial charge >= 0.3 is 0 Å². The van der Waals surface area contributed by atoms with Crippen LogP contribution < -0.4 is 0 Å². The standard InChI is InChI=1S/2C13H10O7/c14-6-3-7(15)11(8(16)4-6)12(19)5-1-9(17)13(20)10(18)2-5;14-6-4-2-1-3-5(6)8(15)7-9(16)11(18)13(20)12(19)10(7)17/h1-4,14-18,20H;1-4,14,16-20H. The van der Waals surface area contributed by atoms with Crippen molar-refractivity contribution >= 4 is 11.6 Å². The fraction of sp³-hybridized carbons (Fsp3) is 0. The number of aromatic hydroxyl groups is 12. The Bertz CT molecular complexity index is 1580. The van der Waals surface area contributed by atoms with E-state index in [0.717, 1.165) is 24.3 Å². The highest BCUT2D eigenvalue weighted by Crippen LogP contribution is 2.51. The maximum atomic E-state index is 12.1. The van der Waals surface area contributed by atoms with Crippen LogP contribution in [-0.4, -0.2) is 72.8 Å². The molecule has 0 heterocycles. The molecule has 14 nitrogen and oxygen atoms in total. The number of carbonyl (C=O) groups is 2. The second-order valence-corrected chi connectivity index (χ2v) is 8.02. The minimum absolute atomic E-state index is 0.261. The lowest BCUT2D eigenvalue weighted by atomic mass is 9.99. The predicted octanol–water partition coefficient (Wildman–Crippen LogP) is 2.30. The first kappa shape index (κ1) is 28.4. The third-order valence-corrected chi connectivity index (χ3v) is 5.39. The number of ketones is 2. The summed E-state index contributed by atoms with van der Waals surface area (Å²) in [5.41, 5.74) is -1.87. The molecule has 0 aliphatic heterocycles. The minimum atomic E-state index is -1.16. The van der Waals surface area contributed by atoms with Gasteiger partial charge in [-0.15, -0.1) is 0 Å². The summed E-state index contributed by atoms with van der Waals surface area (Å²) in [6, 6.07) is 8.75. The third kappa shape index (κ3) is 5.12. The van der Waals surface area contributed by atoms with Crippen molar-refractivity contribution in [2.24, 2.45) is 0 Å². The second-order valence-electron chi connectivity index (χ2n) is 8.02. The first-order valence-electron chi connectivity index (χ1n) is 10.7. The molecule has 0 radical (unpaired) electrons. The maximum Gasteiger partial charge on any atom is 0.208 e. The van der Waals surface area contributed by atoms with Crippen LogP contribution in [0.1, 0.15) is 31.8 Å². The molecule has 4 aromatic carbocycles. The first-order valence-corrected chi connectivity index (χ1v) is 10.7. The van der Waals surface area contributed by atoms with Crippen LogP contribution in [0, 0.1) is 0 Å². The van der Waals surface area contributed by atoms with Crippen molar-refractivity contribution in [3.05, 3.63) is 70.8 Å². The third-order valence-electron chi connectivity index (χ3n) is 5.39. The van der Waals surface area contributed by atoms with Gasteiger partial charge in [-0.25, -0.2) is 0 Å². The number of carbonyl (C=O) groups excluding carboxylic acids is 2. The van der Waals surface area contributed by atoms with E-state index in [0.29, 0.717) is 0 Å². The van der Waals surface area contributed by atoms with Gasteiger partial charge in [0.05, 0.1) is 5.56 Å². The van der Waals surface area contributed by atoms with Crippen LogP contribution in [0.25, 0.3) is 0 Å². The zero-order chi connectivity index (χ0) is 30.0. The largest absolute Gasteiger partial charge is 0.508 e. The Morgan fingerprint density at radius 1 is 0.425 bits per heavy atom. The molecule has 0 aromatic heterocycles. The van der Waals surface area contributed by atoms with Gasteiger partial charge in [-0.2, -0.15) is 0 Å². The zero-order valence-electron chi connectivity index (χ0n) is 19.8. The van der Waals surface area contributed by atoms with E-state index in [-0.39, 0.29) is 11.1 Å². The average Bonchev–Trinajstić information content (AvgIpc) is 2.89. The van der Waals surface area contributed by atoms with Crippen molar-refractivity contribution in [1.29, 1.82) is 0 Å². The molecule has 0 spiro atoms. The lowest BCUT2D eigenvalue weighted by molar-refractivity contribution is 0.102.